The molecule has 0 saturated carbocycles. The van der Waals surface area contributed by atoms with Crippen LogP contribution in [-0.2, 0) is 15.0 Å². The molecule has 1 amide bonds. The van der Waals surface area contributed by atoms with Crippen LogP contribution in [-0.4, -0.2) is 47.2 Å². The number of carboxylic acid groups (broad SMARTS) is 1. The molecule has 0 spiro atoms. The van der Waals surface area contributed by atoms with E-state index in [4.69, 9.17) is 5.11 Å². The quantitative estimate of drug-likeness (QED) is 0.751. The summed E-state index contributed by atoms with van der Waals surface area (Å²) in [5, 5.41) is 7.20. The Hall–Kier alpha value is -2.10. The molecule has 1 aliphatic rings. The van der Waals surface area contributed by atoms with Gasteiger partial charge in [0.1, 0.15) is 5.25 Å². The van der Waals surface area contributed by atoms with Gasteiger partial charge in [0.2, 0.25) is 5.91 Å². The zero-order valence-electron chi connectivity index (χ0n) is 9.35. The molecule has 19 heavy (non-hydrogen) atoms. The molecule has 0 aromatic carbocycles. The van der Waals surface area contributed by atoms with E-state index >= 15 is 0 Å². The average molecular weight is 289 g/mol. The standard InChI is InChI=1S/C9H8FN3O5S/c10-19(17,18)5-1-8(14)13(4-5)7-3-11-6(2-12-7)9(15)16/h2-3,5H,1,4H2,(H,15,16). The van der Waals surface area contributed by atoms with Gasteiger partial charge in [-0.3, -0.25) is 9.69 Å². The fraction of sp³-hybridized carbons (Fsp3) is 0.333. The molecule has 2 rings (SSSR count). The Morgan fingerprint density at radius 2 is 2.11 bits per heavy atom. The minimum Gasteiger partial charge on any atom is -0.476 e. The van der Waals surface area contributed by atoms with Gasteiger partial charge in [-0.2, -0.15) is 8.42 Å². The minimum absolute atomic E-state index is 0.0128. The van der Waals surface area contributed by atoms with Crippen molar-refractivity contribution in [2.75, 3.05) is 11.4 Å². The molecule has 1 saturated heterocycles. The lowest BCUT2D eigenvalue weighted by Gasteiger charge is -2.13. The van der Waals surface area contributed by atoms with Crippen molar-refractivity contribution < 1.29 is 27.0 Å². The monoisotopic (exact) mass is 289 g/mol. The highest BCUT2D eigenvalue weighted by atomic mass is 32.3. The number of carboxylic acids is 1. The van der Waals surface area contributed by atoms with E-state index in [2.05, 4.69) is 9.97 Å². The van der Waals surface area contributed by atoms with Crippen molar-refractivity contribution >= 4 is 27.9 Å². The van der Waals surface area contributed by atoms with E-state index in [1.54, 1.807) is 0 Å². The third-order valence-corrected chi connectivity index (χ3v) is 3.73. The predicted molar refractivity (Wildman–Crippen MR) is 59.8 cm³/mol. The molecule has 1 aromatic heterocycles. The van der Waals surface area contributed by atoms with E-state index in [0.717, 1.165) is 17.3 Å². The van der Waals surface area contributed by atoms with Crippen LogP contribution in [0.4, 0.5) is 9.70 Å². The first kappa shape index (κ1) is 13.3. The number of carbonyl (C=O) groups is 2. The number of halogens is 1. The van der Waals surface area contributed by atoms with Crippen LogP contribution in [0.25, 0.3) is 0 Å². The fourth-order valence-corrected chi connectivity index (χ4v) is 2.32. The molecule has 102 valence electrons. The summed E-state index contributed by atoms with van der Waals surface area (Å²) in [6, 6.07) is 0. The molecular formula is C9H8FN3O5S. The maximum Gasteiger partial charge on any atom is 0.356 e. The summed E-state index contributed by atoms with van der Waals surface area (Å²) in [5.41, 5.74) is -0.315. The summed E-state index contributed by atoms with van der Waals surface area (Å²) in [4.78, 5) is 30.3. The van der Waals surface area contributed by atoms with Gasteiger partial charge in [-0.25, -0.2) is 14.8 Å². The highest BCUT2D eigenvalue weighted by Gasteiger charge is 2.39. The predicted octanol–water partition coefficient (Wildman–Crippen LogP) is -0.421. The van der Waals surface area contributed by atoms with Crippen LogP contribution in [0.2, 0.25) is 0 Å². The largest absolute Gasteiger partial charge is 0.476 e. The van der Waals surface area contributed by atoms with Gasteiger partial charge in [0.15, 0.2) is 11.5 Å². The van der Waals surface area contributed by atoms with Crippen LogP contribution >= 0.6 is 0 Å². The first-order chi connectivity index (χ1) is 8.79. The number of aromatic carboxylic acids is 1. The van der Waals surface area contributed by atoms with Crippen molar-refractivity contribution in [1.29, 1.82) is 0 Å². The van der Waals surface area contributed by atoms with Gasteiger partial charge in [0.05, 0.1) is 12.4 Å². The van der Waals surface area contributed by atoms with Crippen molar-refractivity contribution in [2.45, 2.75) is 11.7 Å². The number of carbonyl (C=O) groups excluding carboxylic acids is 1. The number of nitrogens with zero attached hydrogens (tertiary/aromatic N) is 3. The van der Waals surface area contributed by atoms with Crippen molar-refractivity contribution in [3.63, 3.8) is 0 Å². The normalized spacial score (nSPS) is 19.7. The maximum atomic E-state index is 12.8. The smallest absolute Gasteiger partial charge is 0.356 e. The lowest BCUT2D eigenvalue weighted by Crippen LogP contribution is -2.28. The highest BCUT2D eigenvalue weighted by Crippen LogP contribution is 2.23. The van der Waals surface area contributed by atoms with Gasteiger partial charge in [-0.15, -0.1) is 3.89 Å². The summed E-state index contributed by atoms with van der Waals surface area (Å²) in [6.45, 7) is -0.362. The number of amides is 1. The molecular weight excluding hydrogens is 281 g/mol. The van der Waals surface area contributed by atoms with E-state index in [9.17, 15) is 21.9 Å². The molecule has 8 nitrogen and oxygen atoms in total. The van der Waals surface area contributed by atoms with Gasteiger partial charge in [0, 0.05) is 13.0 Å². The second kappa shape index (κ2) is 4.53. The Labute approximate surface area is 107 Å². The second-order valence-corrected chi connectivity index (χ2v) is 5.49. The summed E-state index contributed by atoms with van der Waals surface area (Å²) in [5.74, 6) is -1.90. The summed E-state index contributed by atoms with van der Waals surface area (Å²) < 4.78 is 34.3. The lowest BCUT2D eigenvalue weighted by atomic mass is 10.4. The highest BCUT2D eigenvalue weighted by molar-refractivity contribution is 7.87. The SMILES string of the molecule is O=C(O)c1cnc(N2CC(S(=O)(=O)F)CC2=O)cn1. The minimum atomic E-state index is -4.80. The molecule has 1 aliphatic heterocycles. The fourth-order valence-electron chi connectivity index (χ4n) is 1.66. The molecule has 0 radical (unpaired) electrons. The van der Waals surface area contributed by atoms with E-state index < -0.39 is 33.8 Å². The topological polar surface area (TPSA) is 118 Å². The van der Waals surface area contributed by atoms with Gasteiger partial charge < -0.3 is 5.11 Å². The molecule has 1 fully saturated rings. The van der Waals surface area contributed by atoms with Crippen molar-refractivity contribution in [3.8, 4) is 0 Å². The third-order valence-electron chi connectivity index (χ3n) is 2.62. The number of rotatable bonds is 3. The maximum absolute atomic E-state index is 12.8. The molecule has 2 heterocycles. The van der Waals surface area contributed by atoms with Crippen LogP contribution in [0, 0.1) is 0 Å². The van der Waals surface area contributed by atoms with Crippen LogP contribution in [0.5, 0.6) is 0 Å². The Kier molecular flexibility index (Phi) is 3.18. The lowest BCUT2D eigenvalue weighted by molar-refractivity contribution is -0.117. The second-order valence-electron chi connectivity index (χ2n) is 3.87. The molecule has 10 heteroatoms. The van der Waals surface area contributed by atoms with Crippen LogP contribution in [0.15, 0.2) is 12.4 Å². The summed E-state index contributed by atoms with van der Waals surface area (Å²) in [7, 11) is -4.80. The van der Waals surface area contributed by atoms with Crippen LogP contribution in [0.3, 0.4) is 0 Å². The van der Waals surface area contributed by atoms with Crippen molar-refractivity contribution in [1.82, 2.24) is 9.97 Å². The van der Waals surface area contributed by atoms with Gasteiger partial charge >= 0.3 is 16.2 Å². The molecule has 1 N–H and O–H groups in total. The van der Waals surface area contributed by atoms with Crippen molar-refractivity contribution in [2.24, 2.45) is 0 Å². The number of aromatic nitrogens is 2. The number of hydrogen-bond donors (Lipinski definition) is 1. The Balaban J connectivity index is 2.23. The molecule has 1 atom stereocenters. The van der Waals surface area contributed by atoms with E-state index in [-0.39, 0.29) is 18.1 Å². The number of anilines is 1. The van der Waals surface area contributed by atoms with E-state index in [0.29, 0.717) is 0 Å². The van der Waals surface area contributed by atoms with Crippen molar-refractivity contribution in [3.05, 3.63) is 18.1 Å². The number of hydrogen-bond acceptors (Lipinski definition) is 6. The van der Waals surface area contributed by atoms with E-state index in [1.165, 1.54) is 0 Å². The Morgan fingerprint density at radius 1 is 1.42 bits per heavy atom. The zero-order chi connectivity index (χ0) is 14.2. The third kappa shape index (κ3) is 2.67. The molecule has 1 unspecified atom stereocenters. The average Bonchev–Trinajstić information content (AvgIpc) is 2.71. The Morgan fingerprint density at radius 3 is 2.53 bits per heavy atom. The van der Waals surface area contributed by atoms with E-state index in [1.807, 2.05) is 0 Å². The van der Waals surface area contributed by atoms with Gasteiger partial charge in [-0.1, -0.05) is 0 Å². The zero-order valence-corrected chi connectivity index (χ0v) is 10.2. The molecule has 0 bridgehead atoms. The molecule has 1 aromatic rings. The van der Waals surface area contributed by atoms with Gasteiger partial charge in [0.25, 0.3) is 0 Å². The Bertz CT molecular complexity index is 630. The van der Waals surface area contributed by atoms with Crippen LogP contribution < -0.4 is 4.90 Å². The molecule has 0 aliphatic carbocycles. The summed E-state index contributed by atoms with van der Waals surface area (Å²) >= 11 is 0. The van der Waals surface area contributed by atoms with Crippen LogP contribution in [0.1, 0.15) is 16.9 Å². The van der Waals surface area contributed by atoms with Gasteiger partial charge in [-0.05, 0) is 0 Å². The first-order valence-corrected chi connectivity index (χ1v) is 6.53. The summed E-state index contributed by atoms with van der Waals surface area (Å²) in [6.07, 6.45) is 1.48. The first-order valence-electron chi connectivity index (χ1n) is 5.08.